The Morgan fingerprint density at radius 2 is 2.25 bits per heavy atom. The first-order chi connectivity index (χ1) is 5.65. The summed E-state index contributed by atoms with van der Waals surface area (Å²) in [5.41, 5.74) is 7.86. The van der Waals surface area contributed by atoms with Crippen molar-refractivity contribution in [3.05, 3.63) is 32.9 Å². The minimum absolute atomic E-state index is 0.00142. The van der Waals surface area contributed by atoms with Crippen molar-refractivity contribution in [1.82, 2.24) is 0 Å². The van der Waals surface area contributed by atoms with Crippen molar-refractivity contribution in [2.75, 3.05) is 6.61 Å². The van der Waals surface area contributed by atoms with Gasteiger partial charge < -0.3 is 10.8 Å². The highest BCUT2D eigenvalue weighted by atomic mass is 127. The van der Waals surface area contributed by atoms with Gasteiger partial charge in [0, 0.05) is 3.57 Å². The van der Waals surface area contributed by atoms with Crippen LogP contribution in [0, 0.1) is 10.5 Å². The summed E-state index contributed by atoms with van der Waals surface area (Å²) >= 11 is 2.25. The molecule has 0 spiro atoms. The highest BCUT2D eigenvalue weighted by Gasteiger charge is 2.06. The lowest BCUT2D eigenvalue weighted by Crippen LogP contribution is -2.15. The molecule has 1 atom stereocenters. The van der Waals surface area contributed by atoms with Crippen LogP contribution in [0.1, 0.15) is 17.2 Å². The maximum atomic E-state index is 8.86. The van der Waals surface area contributed by atoms with Crippen LogP contribution in [-0.2, 0) is 0 Å². The van der Waals surface area contributed by atoms with Gasteiger partial charge in [0.1, 0.15) is 0 Å². The van der Waals surface area contributed by atoms with Gasteiger partial charge in [-0.3, -0.25) is 0 Å². The van der Waals surface area contributed by atoms with Gasteiger partial charge in [0.05, 0.1) is 12.6 Å². The molecule has 0 saturated carbocycles. The number of rotatable bonds is 2. The lowest BCUT2D eigenvalue weighted by Gasteiger charge is -2.11. The first-order valence-corrected chi connectivity index (χ1v) is 4.85. The minimum atomic E-state index is -0.248. The summed E-state index contributed by atoms with van der Waals surface area (Å²) in [4.78, 5) is 0. The van der Waals surface area contributed by atoms with Crippen molar-refractivity contribution >= 4 is 22.6 Å². The molecule has 1 unspecified atom stereocenters. The lowest BCUT2D eigenvalue weighted by atomic mass is 10.0. The fourth-order valence-electron chi connectivity index (χ4n) is 1.15. The Morgan fingerprint density at radius 3 is 2.75 bits per heavy atom. The molecule has 1 rings (SSSR count). The quantitative estimate of drug-likeness (QED) is 0.806. The summed E-state index contributed by atoms with van der Waals surface area (Å²) in [6.07, 6.45) is 0. The van der Waals surface area contributed by atoms with E-state index >= 15 is 0 Å². The first-order valence-electron chi connectivity index (χ1n) is 3.77. The number of nitrogens with two attached hydrogens (primary N) is 1. The van der Waals surface area contributed by atoms with Crippen LogP contribution in [0.5, 0.6) is 0 Å². The summed E-state index contributed by atoms with van der Waals surface area (Å²) in [7, 11) is 0. The smallest absolute Gasteiger partial charge is 0.0624 e. The Labute approximate surface area is 85.9 Å². The monoisotopic (exact) mass is 277 g/mol. The van der Waals surface area contributed by atoms with E-state index in [1.807, 2.05) is 19.1 Å². The van der Waals surface area contributed by atoms with Crippen LogP contribution < -0.4 is 5.73 Å². The van der Waals surface area contributed by atoms with Gasteiger partial charge in [0.25, 0.3) is 0 Å². The zero-order chi connectivity index (χ0) is 9.14. The SMILES string of the molecule is Cc1cc(I)ccc1C(N)CO. The van der Waals surface area contributed by atoms with Gasteiger partial charge in [-0.1, -0.05) is 6.07 Å². The molecule has 2 nitrogen and oxygen atoms in total. The summed E-state index contributed by atoms with van der Waals surface area (Å²) < 4.78 is 1.19. The Hall–Kier alpha value is -0.130. The number of aliphatic hydroxyl groups is 1. The maximum Gasteiger partial charge on any atom is 0.0624 e. The summed E-state index contributed by atoms with van der Waals surface area (Å²) in [6.45, 7) is 2.01. The normalized spacial score (nSPS) is 13.0. The molecule has 1 aromatic carbocycles. The van der Waals surface area contributed by atoms with Crippen molar-refractivity contribution in [3.63, 3.8) is 0 Å². The molecule has 0 fully saturated rings. The van der Waals surface area contributed by atoms with Crippen molar-refractivity contribution in [3.8, 4) is 0 Å². The van der Waals surface area contributed by atoms with Crippen LogP contribution in [0.2, 0.25) is 0 Å². The topological polar surface area (TPSA) is 46.2 Å². The highest BCUT2D eigenvalue weighted by Crippen LogP contribution is 2.17. The molecule has 0 radical (unpaired) electrons. The van der Waals surface area contributed by atoms with E-state index in [9.17, 15) is 0 Å². The van der Waals surface area contributed by atoms with Gasteiger partial charge in [-0.05, 0) is 52.8 Å². The number of hydrogen-bond acceptors (Lipinski definition) is 2. The number of aliphatic hydroxyl groups excluding tert-OH is 1. The second-order valence-electron chi connectivity index (χ2n) is 2.79. The van der Waals surface area contributed by atoms with Crippen LogP contribution in [0.15, 0.2) is 18.2 Å². The molecule has 12 heavy (non-hydrogen) atoms. The first kappa shape index (κ1) is 9.95. The van der Waals surface area contributed by atoms with Crippen molar-refractivity contribution in [1.29, 1.82) is 0 Å². The van der Waals surface area contributed by atoms with E-state index in [1.54, 1.807) is 0 Å². The third kappa shape index (κ3) is 2.18. The van der Waals surface area contributed by atoms with Crippen LogP contribution >= 0.6 is 22.6 Å². The van der Waals surface area contributed by atoms with Crippen LogP contribution in [-0.4, -0.2) is 11.7 Å². The van der Waals surface area contributed by atoms with Crippen molar-refractivity contribution in [2.24, 2.45) is 5.73 Å². The van der Waals surface area contributed by atoms with Crippen molar-refractivity contribution < 1.29 is 5.11 Å². The molecule has 0 saturated heterocycles. The summed E-state index contributed by atoms with van der Waals surface area (Å²) in [6, 6.07) is 5.78. The van der Waals surface area contributed by atoms with Gasteiger partial charge in [-0.15, -0.1) is 0 Å². The fourth-order valence-corrected chi connectivity index (χ4v) is 1.80. The van der Waals surface area contributed by atoms with Crippen LogP contribution in [0.25, 0.3) is 0 Å². The van der Waals surface area contributed by atoms with E-state index in [0.29, 0.717) is 0 Å². The molecular weight excluding hydrogens is 265 g/mol. The predicted molar refractivity (Wildman–Crippen MR) is 57.9 cm³/mol. The Bertz CT molecular complexity index is 275. The second-order valence-corrected chi connectivity index (χ2v) is 4.04. The number of aryl methyl sites for hydroxylation is 1. The van der Waals surface area contributed by atoms with Crippen LogP contribution in [0.4, 0.5) is 0 Å². The molecule has 0 aliphatic carbocycles. The van der Waals surface area contributed by atoms with E-state index in [2.05, 4.69) is 28.7 Å². The third-order valence-corrected chi connectivity index (χ3v) is 2.50. The maximum absolute atomic E-state index is 8.86. The van der Waals surface area contributed by atoms with Gasteiger partial charge in [0.15, 0.2) is 0 Å². The lowest BCUT2D eigenvalue weighted by molar-refractivity contribution is 0.267. The molecule has 1 aromatic rings. The van der Waals surface area contributed by atoms with E-state index in [4.69, 9.17) is 10.8 Å². The van der Waals surface area contributed by atoms with E-state index in [0.717, 1.165) is 11.1 Å². The summed E-state index contributed by atoms with van der Waals surface area (Å²) in [5, 5.41) is 8.86. The Balaban J connectivity index is 3.01. The molecule has 0 aliphatic rings. The Kier molecular flexibility index (Phi) is 3.49. The largest absolute Gasteiger partial charge is 0.394 e. The van der Waals surface area contributed by atoms with Crippen LogP contribution in [0.3, 0.4) is 0 Å². The highest BCUT2D eigenvalue weighted by molar-refractivity contribution is 14.1. The third-order valence-electron chi connectivity index (χ3n) is 1.83. The average Bonchev–Trinajstić information content (AvgIpc) is 2.03. The zero-order valence-electron chi connectivity index (χ0n) is 6.92. The molecule has 0 heterocycles. The fraction of sp³-hybridized carbons (Fsp3) is 0.333. The number of halogens is 1. The van der Waals surface area contributed by atoms with E-state index in [1.165, 1.54) is 3.57 Å². The minimum Gasteiger partial charge on any atom is -0.394 e. The molecule has 66 valence electrons. The average molecular weight is 277 g/mol. The van der Waals surface area contributed by atoms with Gasteiger partial charge in [-0.25, -0.2) is 0 Å². The van der Waals surface area contributed by atoms with Crippen molar-refractivity contribution in [2.45, 2.75) is 13.0 Å². The molecule has 0 aliphatic heterocycles. The zero-order valence-corrected chi connectivity index (χ0v) is 9.08. The predicted octanol–water partition coefficient (Wildman–Crippen LogP) is 1.59. The Morgan fingerprint density at radius 1 is 1.58 bits per heavy atom. The standard InChI is InChI=1S/C9H12INO/c1-6-4-7(10)2-3-8(6)9(11)5-12/h2-4,9,12H,5,11H2,1H3. The molecular formula is C9H12INO. The van der Waals surface area contributed by atoms with Gasteiger partial charge in [0.2, 0.25) is 0 Å². The molecule has 0 bridgehead atoms. The second kappa shape index (κ2) is 4.20. The number of benzene rings is 1. The number of hydrogen-bond donors (Lipinski definition) is 2. The van der Waals surface area contributed by atoms with E-state index in [-0.39, 0.29) is 12.6 Å². The molecule has 3 heteroatoms. The molecule has 0 aromatic heterocycles. The molecule has 0 amide bonds. The molecule has 3 N–H and O–H groups in total. The summed E-state index contributed by atoms with van der Waals surface area (Å²) in [5.74, 6) is 0. The van der Waals surface area contributed by atoms with Gasteiger partial charge >= 0.3 is 0 Å². The van der Waals surface area contributed by atoms with E-state index < -0.39 is 0 Å². The van der Waals surface area contributed by atoms with Gasteiger partial charge in [-0.2, -0.15) is 0 Å².